The molecule has 0 rings (SSSR count). The molecule has 0 aliphatic heterocycles. The average Bonchev–Trinajstić information content (AvgIpc) is 3.28. The van der Waals surface area contributed by atoms with Crippen molar-refractivity contribution in [1.82, 2.24) is 5.32 Å². The maximum atomic E-state index is 12.4. The molecular formula is C57H109NO5. The van der Waals surface area contributed by atoms with Crippen LogP contribution in [0.3, 0.4) is 0 Å². The molecule has 0 aromatic carbocycles. The predicted molar refractivity (Wildman–Crippen MR) is 273 cm³/mol. The molecule has 0 spiro atoms. The number of nitrogens with one attached hydrogen (secondary N) is 1. The minimum Gasteiger partial charge on any atom is -0.466 e. The smallest absolute Gasteiger partial charge is 0.305 e. The molecule has 1 amide bonds. The molecule has 6 nitrogen and oxygen atoms in total. The molecule has 3 N–H and O–H groups in total. The Morgan fingerprint density at radius 3 is 1.13 bits per heavy atom. The summed E-state index contributed by atoms with van der Waals surface area (Å²) in [6.07, 6.45) is 63.3. The van der Waals surface area contributed by atoms with E-state index in [-0.39, 0.29) is 18.5 Å². The van der Waals surface area contributed by atoms with E-state index in [0.717, 1.165) is 44.9 Å². The highest BCUT2D eigenvalue weighted by Crippen LogP contribution is 2.16. The maximum absolute atomic E-state index is 12.4. The number of amides is 1. The molecule has 0 aromatic heterocycles. The first-order chi connectivity index (χ1) is 31.0. The van der Waals surface area contributed by atoms with Crippen molar-refractivity contribution in [3.8, 4) is 0 Å². The van der Waals surface area contributed by atoms with Gasteiger partial charge in [-0.15, -0.1) is 0 Å². The van der Waals surface area contributed by atoms with Gasteiger partial charge in [-0.05, 0) is 57.8 Å². The summed E-state index contributed by atoms with van der Waals surface area (Å²) >= 11 is 0. The van der Waals surface area contributed by atoms with Gasteiger partial charge in [-0.1, -0.05) is 256 Å². The van der Waals surface area contributed by atoms with Crippen LogP contribution in [0.4, 0.5) is 0 Å². The summed E-state index contributed by atoms with van der Waals surface area (Å²) in [6, 6.07) is -0.630. The van der Waals surface area contributed by atoms with Crippen molar-refractivity contribution in [2.45, 2.75) is 315 Å². The first kappa shape index (κ1) is 61.3. The van der Waals surface area contributed by atoms with Gasteiger partial charge in [-0.25, -0.2) is 0 Å². The molecule has 0 radical (unpaired) electrons. The lowest BCUT2D eigenvalue weighted by molar-refractivity contribution is -0.143. The van der Waals surface area contributed by atoms with Crippen LogP contribution in [0.1, 0.15) is 303 Å². The topological polar surface area (TPSA) is 95.9 Å². The minimum atomic E-state index is -0.846. The predicted octanol–water partition coefficient (Wildman–Crippen LogP) is 17.1. The fourth-order valence-electron chi connectivity index (χ4n) is 8.63. The summed E-state index contributed by atoms with van der Waals surface area (Å²) < 4.78 is 5.48. The van der Waals surface area contributed by atoms with Crippen molar-refractivity contribution in [2.75, 3.05) is 13.2 Å². The number of esters is 1. The third kappa shape index (κ3) is 49.6. The summed E-state index contributed by atoms with van der Waals surface area (Å²) in [5.74, 6) is -0.0726. The van der Waals surface area contributed by atoms with Crippen LogP contribution in [0.25, 0.3) is 0 Å². The Labute approximate surface area is 392 Å². The molecule has 2 atom stereocenters. The maximum Gasteiger partial charge on any atom is 0.305 e. The van der Waals surface area contributed by atoms with Crippen molar-refractivity contribution in [1.29, 1.82) is 0 Å². The number of hydrogen-bond acceptors (Lipinski definition) is 5. The second-order valence-corrected chi connectivity index (χ2v) is 19.3. The monoisotopic (exact) mass is 888 g/mol. The lowest BCUT2D eigenvalue weighted by atomic mass is 10.0. The van der Waals surface area contributed by atoms with Crippen LogP contribution in [0, 0.1) is 0 Å². The van der Waals surface area contributed by atoms with Gasteiger partial charge in [0, 0.05) is 12.8 Å². The van der Waals surface area contributed by atoms with Gasteiger partial charge in [0.25, 0.3) is 0 Å². The van der Waals surface area contributed by atoms with Gasteiger partial charge in [-0.3, -0.25) is 9.59 Å². The molecule has 0 aliphatic carbocycles. The highest BCUT2D eigenvalue weighted by atomic mass is 16.5. The molecule has 0 heterocycles. The summed E-state index contributed by atoms with van der Waals surface area (Å²) in [5, 5.41) is 23.0. The van der Waals surface area contributed by atoms with Crippen LogP contribution < -0.4 is 5.32 Å². The molecule has 372 valence electrons. The number of rotatable bonds is 52. The van der Waals surface area contributed by atoms with Crippen LogP contribution in [-0.4, -0.2) is 47.4 Å². The third-order valence-corrected chi connectivity index (χ3v) is 13.0. The van der Waals surface area contributed by atoms with Crippen molar-refractivity contribution < 1.29 is 24.5 Å². The SMILES string of the molecule is CCCCCCCC/C=C\CCCCCCCCCC(=O)OCCCCCCCCCCCCCCCCCCCC(=O)NC(CO)C(O)/C=C/CCCCCCCCCCCC. The zero-order valence-corrected chi connectivity index (χ0v) is 42.3. The number of aliphatic hydroxyl groups is 2. The first-order valence-electron chi connectivity index (χ1n) is 28.1. The van der Waals surface area contributed by atoms with Crippen molar-refractivity contribution in [2.24, 2.45) is 0 Å². The lowest BCUT2D eigenvalue weighted by Crippen LogP contribution is -2.45. The fraction of sp³-hybridized carbons (Fsp3) is 0.895. The van der Waals surface area contributed by atoms with Crippen LogP contribution in [0.15, 0.2) is 24.3 Å². The van der Waals surface area contributed by atoms with E-state index in [4.69, 9.17) is 4.74 Å². The number of carbonyl (C=O) groups is 2. The number of carbonyl (C=O) groups excluding carboxylic acids is 2. The first-order valence-corrected chi connectivity index (χ1v) is 28.1. The number of unbranched alkanes of at least 4 members (excludes halogenated alkanes) is 39. The van der Waals surface area contributed by atoms with Crippen LogP contribution >= 0.6 is 0 Å². The summed E-state index contributed by atoms with van der Waals surface area (Å²) in [6.45, 7) is 4.88. The zero-order chi connectivity index (χ0) is 45.8. The summed E-state index contributed by atoms with van der Waals surface area (Å²) in [4.78, 5) is 24.5. The summed E-state index contributed by atoms with van der Waals surface area (Å²) in [7, 11) is 0. The molecule has 0 aromatic rings. The molecular weight excluding hydrogens is 779 g/mol. The van der Waals surface area contributed by atoms with E-state index in [0.29, 0.717) is 19.4 Å². The second-order valence-electron chi connectivity index (χ2n) is 19.3. The minimum absolute atomic E-state index is 0.00104. The Bertz CT molecular complexity index is 982. The van der Waals surface area contributed by atoms with Crippen LogP contribution in [-0.2, 0) is 14.3 Å². The van der Waals surface area contributed by atoms with E-state index in [1.807, 2.05) is 6.08 Å². The van der Waals surface area contributed by atoms with E-state index in [1.54, 1.807) is 6.08 Å². The van der Waals surface area contributed by atoms with Gasteiger partial charge >= 0.3 is 5.97 Å². The average molecular weight is 889 g/mol. The van der Waals surface area contributed by atoms with Crippen LogP contribution in [0.5, 0.6) is 0 Å². The van der Waals surface area contributed by atoms with E-state index in [9.17, 15) is 19.8 Å². The van der Waals surface area contributed by atoms with Crippen molar-refractivity contribution in [3.63, 3.8) is 0 Å². The van der Waals surface area contributed by atoms with E-state index >= 15 is 0 Å². The van der Waals surface area contributed by atoms with Gasteiger partial charge in [0.1, 0.15) is 0 Å². The molecule has 63 heavy (non-hydrogen) atoms. The Morgan fingerprint density at radius 2 is 0.746 bits per heavy atom. The number of allylic oxidation sites excluding steroid dienone is 3. The number of aliphatic hydroxyl groups excluding tert-OH is 2. The quantitative estimate of drug-likeness (QED) is 0.0321. The molecule has 0 saturated carbocycles. The number of hydrogen-bond donors (Lipinski definition) is 3. The lowest BCUT2D eigenvalue weighted by Gasteiger charge is -2.20. The zero-order valence-electron chi connectivity index (χ0n) is 42.3. The normalized spacial score (nSPS) is 12.8. The molecule has 6 heteroatoms. The molecule has 0 bridgehead atoms. The third-order valence-electron chi connectivity index (χ3n) is 13.0. The fourth-order valence-corrected chi connectivity index (χ4v) is 8.63. The highest BCUT2D eigenvalue weighted by Gasteiger charge is 2.18. The highest BCUT2D eigenvalue weighted by molar-refractivity contribution is 5.76. The van der Waals surface area contributed by atoms with Crippen molar-refractivity contribution >= 4 is 11.9 Å². The van der Waals surface area contributed by atoms with E-state index < -0.39 is 12.1 Å². The summed E-state index contributed by atoms with van der Waals surface area (Å²) in [5.41, 5.74) is 0. The van der Waals surface area contributed by atoms with Gasteiger partial charge in [0.05, 0.1) is 25.4 Å². The van der Waals surface area contributed by atoms with Crippen LogP contribution in [0.2, 0.25) is 0 Å². The van der Waals surface area contributed by atoms with Gasteiger partial charge < -0.3 is 20.3 Å². The Kier molecular flexibility index (Phi) is 51.6. The Morgan fingerprint density at radius 1 is 0.429 bits per heavy atom. The van der Waals surface area contributed by atoms with Gasteiger partial charge in [-0.2, -0.15) is 0 Å². The standard InChI is InChI=1S/C57H109NO5/c1-3-5-7-9-11-13-15-17-18-20-24-27-31-35-39-43-47-51-57(62)63-52-48-44-40-36-32-28-25-22-19-21-23-26-30-34-38-42-46-50-56(61)58-54(53-59)55(60)49-45-41-37-33-29-16-14-12-10-8-6-4-2/h17-18,45,49,54-55,59-60H,3-16,19-44,46-48,50-53H2,1-2H3,(H,58,61)/b18-17-,49-45+. The number of ether oxygens (including phenoxy) is 1. The second kappa shape index (κ2) is 53.0. The molecule has 0 fully saturated rings. The Hall–Kier alpha value is -1.66. The largest absolute Gasteiger partial charge is 0.466 e. The van der Waals surface area contributed by atoms with Crippen molar-refractivity contribution in [3.05, 3.63) is 24.3 Å². The molecule has 0 aliphatic rings. The molecule has 2 unspecified atom stereocenters. The molecule has 0 saturated heterocycles. The van der Waals surface area contributed by atoms with E-state index in [2.05, 4.69) is 31.3 Å². The van der Waals surface area contributed by atoms with Gasteiger partial charge in [0.2, 0.25) is 5.91 Å². The van der Waals surface area contributed by atoms with E-state index in [1.165, 1.54) is 231 Å². The van der Waals surface area contributed by atoms with Gasteiger partial charge in [0.15, 0.2) is 0 Å². The Balaban J connectivity index is 3.41.